The lowest BCUT2D eigenvalue weighted by atomic mass is 10.2. The number of carbonyl (C=O) groups excluding carboxylic acids is 1. The van der Waals surface area contributed by atoms with Crippen molar-refractivity contribution in [3.05, 3.63) is 89.3 Å². The zero-order chi connectivity index (χ0) is 25.2. The molecule has 3 heterocycles. The summed E-state index contributed by atoms with van der Waals surface area (Å²) in [5, 5.41) is 8.50. The summed E-state index contributed by atoms with van der Waals surface area (Å²) in [6, 6.07) is 17.2. The second-order valence-corrected chi connectivity index (χ2v) is 9.35. The molecule has 0 bridgehead atoms. The van der Waals surface area contributed by atoms with Gasteiger partial charge in [-0.1, -0.05) is 12.1 Å². The van der Waals surface area contributed by atoms with Crippen LogP contribution in [0.15, 0.2) is 72.2 Å². The molecule has 0 fully saturated rings. The monoisotopic (exact) mass is 501 g/mol. The summed E-state index contributed by atoms with van der Waals surface area (Å²) >= 11 is 1.48. The van der Waals surface area contributed by atoms with Crippen LogP contribution in [0.2, 0.25) is 0 Å². The molecule has 0 aliphatic heterocycles. The normalized spacial score (nSPS) is 11.2. The quantitative estimate of drug-likeness (QED) is 0.264. The smallest absolute Gasteiger partial charge is 0.255 e. The number of anilines is 4. The van der Waals surface area contributed by atoms with E-state index < -0.39 is 11.7 Å². The van der Waals surface area contributed by atoms with Crippen molar-refractivity contribution < 1.29 is 9.18 Å². The Morgan fingerprint density at radius 3 is 2.64 bits per heavy atom. The van der Waals surface area contributed by atoms with Crippen molar-refractivity contribution in [3.8, 4) is 11.4 Å². The van der Waals surface area contributed by atoms with Gasteiger partial charge in [-0.15, -0.1) is 11.3 Å². The summed E-state index contributed by atoms with van der Waals surface area (Å²) in [7, 11) is 4.06. The van der Waals surface area contributed by atoms with Crippen LogP contribution in [0.5, 0.6) is 0 Å². The molecule has 0 saturated carbocycles. The number of carbonyl (C=O) groups is 1. The van der Waals surface area contributed by atoms with Crippen LogP contribution in [0, 0.1) is 5.82 Å². The first-order chi connectivity index (χ1) is 17.4. The van der Waals surface area contributed by atoms with Gasteiger partial charge in [0.05, 0.1) is 17.6 Å². The number of aromatic nitrogens is 3. The Morgan fingerprint density at radius 2 is 1.89 bits per heavy atom. The van der Waals surface area contributed by atoms with Crippen LogP contribution < -0.4 is 16.4 Å². The van der Waals surface area contributed by atoms with E-state index in [1.54, 1.807) is 24.3 Å². The third-order valence-corrected chi connectivity index (χ3v) is 6.30. The van der Waals surface area contributed by atoms with Crippen molar-refractivity contribution in [1.29, 1.82) is 0 Å². The minimum Gasteiger partial charge on any atom is -0.397 e. The van der Waals surface area contributed by atoms with Gasteiger partial charge in [-0.05, 0) is 62.6 Å². The van der Waals surface area contributed by atoms with Gasteiger partial charge in [0.1, 0.15) is 22.8 Å². The average molecular weight is 502 g/mol. The van der Waals surface area contributed by atoms with Crippen LogP contribution in [-0.4, -0.2) is 39.3 Å². The first-order valence-electron chi connectivity index (χ1n) is 11.2. The number of hydrogen-bond acceptors (Lipinski definition) is 7. The standard InChI is InChI=1S/C26H24FN7OS/c1-33(2)14-18-5-3-8-23-29-13-22(34(18)23)21-15-36-26(31-21)30-17-11-9-16(10-12-17)25(35)32-24-19(27)6-4-7-20(24)28/h3-13,15H,14,28H2,1-2H3,(H,30,31)(H,32,35). The molecule has 1 amide bonds. The molecular formula is C26H24FN7OS. The Morgan fingerprint density at radius 1 is 1.11 bits per heavy atom. The predicted molar refractivity (Wildman–Crippen MR) is 142 cm³/mol. The van der Waals surface area contributed by atoms with Gasteiger partial charge in [-0.25, -0.2) is 14.4 Å². The second-order valence-electron chi connectivity index (χ2n) is 8.49. The third-order valence-electron chi connectivity index (χ3n) is 5.54. The number of amides is 1. The predicted octanol–water partition coefficient (Wildman–Crippen LogP) is 5.24. The van der Waals surface area contributed by atoms with E-state index in [2.05, 4.69) is 31.0 Å². The van der Waals surface area contributed by atoms with Crippen LogP contribution in [0.25, 0.3) is 17.0 Å². The molecule has 36 heavy (non-hydrogen) atoms. The number of thiazole rings is 1. The maximum atomic E-state index is 14.0. The number of halogens is 1. The minimum atomic E-state index is -0.582. The highest BCUT2D eigenvalue weighted by Crippen LogP contribution is 2.29. The number of nitrogens with one attached hydrogen (secondary N) is 2. The van der Waals surface area contributed by atoms with E-state index in [0.29, 0.717) is 10.7 Å². The Bertz CT molecular complexity index is 1520. The van der Waals surface area contributed by atoms with E-state index in [9.17, 15) is 9.18 Å². The van der Waals surface area contributed by atoms with E-state index in [1.807, 2.05) is 37.8 Å². The number of rotatable bonds is 7. The summed E-state index contributed by atoms with van der Waals surface area (Å²) in [5.74, 6) is -1.03. The zero-order valence-electron chi connectivity index (χ0n) is 19.7. The Balaban J connectivity index is 1.32. The molecule has 3 aromatic heterocycles. The lowest BCUT2D eigenvalue weighted by molar-refractivity contribution is 0.102. The fourth-order valence-electron chi connectivity index (χ4n) is 3.87. The fraction of sp³-hybridized carbons (Fsp3) is 0.115. The van der Waals surface area contributed by atoms with Crippen molar-refractivity contribution in [1.82, 2.24) is 19.3 Å². The first-order valence-corrected chi connectivity index (χ1v) is 12.1. The number of nitrogens with two attached hydrogens (primary N) is 1. The molecule has 10 heteroatoms. The molecule has 2 aromatic carbocycles. The van der Waals surface area contributed by atoms with Crippen molar-refractivity contribution >= 4 is 45.1 Å². The van der Waals surface area contributed by atoms with Crippen molar-refractivity contribution in [2.45, 2.75) is 6.54 Å². The zero-order valence-corrected chi connectivity index (χ0v) is 20.5. The van der Waals surface area contributed by atoms with Crippen LogP contribution in [-0.2, 0) is 6.54 Å². The summed E-state index contributed by atoms with van der Waals surface area (Å²) < 4.78 is 16.1. The number of imidazole rings is 1. The van der Waals surface area contributed by atoms with Gasteiger partial charge in [0.2, 0.25) is 0 Å². The summed E-state index contributed by atoms with van der Waals surface area (Å²) in [4.78, 5) is 24.0. The number of pyridine rings is 1. The largest absolute Gasteiger partial charge is 0.397 e. The molecule has 5 rings (SSSR count). The van der Waals surface area contributed by atoms with E-state index in [-0.39, 0.29) is 11.4 Å². The average Bonchev–Trinajstić information content (AvgIpc) is 3.49. The highest BCUT2D eigenvalue weighted by Gasteiger charge is 2.14. The van der Waals surface area contributed by atoms with Gasteiger partial charge < -0.3 is 21.3 Å². The molecule has 5 aromatic rings. The van der Waals surface area contributed by atoms with Crippen LogP contribution >= 0.6 is 11.3 Å². The number of hydrogen-bond donors (Lipinski definition) is 3. The van der Waals surface area contributed by atoms with Crippen LogP contribution in [0.3, 0.4) is 0 Å². The molecule has 0 unspecified atom stereocenters. The van der Waals surface area contributed by atoms with E-state index >= 15 is 0 Å². The van der Waals surface area contributed by atoms with Gasteiger partial charge in [0.15, 0.2) is 5.13 Å². The number of benzene rings is 2. The van der Waals surface area contributed by atoms with Crippen molar-refractivity contribution in [2.24, 2.45) is 0 Å². The van der Waals surface area contributed by atoms with Crippen molar-refractivity contribution in [2.75, 3.05) is 30.5 Å². The Labute approximate surface area is 211 Å². The molecule has 0 atom stereocenters. The van der Waals surface area contributed by atoms with Gasteiger partial charge in [0, 0.05) is 28.9 Å². The molecular weight excluding hydrogens is 477 g/mol. The molecule has 4 N–H and O–H groups in total. The maximum Gasteiger partial charge on any atom is 0.255 e. The Hall–Kier alpha value is -4.28. The van der Waals surface area contributed by atoms with Crippen LogP contribution in [0.4, 0.5) is 26.6 Å². The van der Waals surface area contributed by atoms with Gasteiger partial charge in [-0.2, -0.15) is 0 Å². The number of para-hydroxylation sites is 1. The lowest BCUT2D eigenvalue weighted by Crippen LogP contribution is -2.14. The summed E-state index contributed by atoms with van der Waals surface area (Å²) in [6.07, 6.45) is 1.84. The van der Waals surface area contributed by atoms with Gasteiger partial charge >= 0.3 is 0 Å². The summed E-state index contributed by atoms with van der Waals surface area (Å²) in [5.41, 5.74) is 10.8. The molecule has 0 aliphatic carbocycles. The molecule has 0 saturated heterocycles. The topological polar surface area (TPSA) is 101 Å². The number of nitrogens with zero attached hydrogens (tertiary/aromatic N) is 4. The molecule has 8 nitrogen and oxygen atoms in total. The van der Waals surface area contributed by atoms with E-state index in [4.69, 9.17) is 10.7 Å². The number of nitrogen functional groups attached to an aromatic ring is 1. The molecule has 0 radical (unpaired) electrons. The fourth-order valence-corrected chi connectivity index (χ4v) is 4.59. The highest BCUT2D eigenvalue weighted by atomic mass is 32.1. The lowest BCUT2D eigenvalue weighted by Gasteiger charge is -2.13. The highest BCUT2D eigenvalue weighted by molar-refractivity contribution is 7.14. The maximum absolute atomic E-state index is 14.0. The Kier molecular flexibility index (Phi) is 6.36. The molecule has 0 spiro atoms. The molecule has 0 aliphatic rings. The van der Waals surface area contributed by atoms with E-state index in [1.165, 1.54) is 29.5 Å². The van der Waals surface area contributed by atoms with Gasteiger partial charge in [0.25, 0.3) is 5.91 Å². The van der Waals surface area contributed by atoms with Crippen molar-refractivity contribution in [3.63, 3.8) is 0 Å². The minimum absolute atomic E-state index is 0.0267. The van der Waals surface area contributed by atoms with Gasteiger partial charge in [-0.3, -0.25) is 9.20 Å². The third kappa shape index (κ3) is 4.77. The number of fused-ring (bicyclic) bond motifs is 1. The van der Waals surface area contributed by atoms with Crippen LogP contribution in [0.1, 0.15) is 16.1 Å². The second kappa shape index (κ2) is 9.76. The van der Waals surface area contributed by atoms with E-state index in [0.717, 1.165) is 35.0 Å². The first kappa shape index (κ1) is 23.5. The molecule has 182 valence electrons. The SMILES string of the molecule is CN(C)Cc1cccc2ncc(-c3csc(Nc4ccc(C(=O)Nc5c(N)cccc5F)cc4)n3)n12. The summed E-state index contributed by atoms with van der Waals surface area (Å²) in [6.45, 7) is 0.777.